The third-order valence-corrected chi connectivity index (χ3v) is 5.63. The number of pyridine rings is 1. The van der Waals surface area contributed by atoms with E-state index in [1.807, 2.05) is 35.2 Å². The molecule has 25 heavy (non-hydrogen) atoms. The van der Waals surface area contributed by atoms with Crippen molar-refractivity contribution in [3.8, 4) is 0 Å². The smallest absolute Gasteiger partial charge is 0.253 e. The van der Waals surface area contributed by atoms with Crippen LogP contribution in [0.2, 0.25) is 0 Å². The van der Waals surface area contributed by atoms with Crippen LogP contribution < -0.4 is 5.32 Å². The minimum atomic E-state index is 0. The zero-order chi connectivity index (χ0) is 15.7. The van der Waals surface area contributed by atoms with Crippen LogP contribution in [0, 0.1) is 5.41 Å². The van der Waals surface area contributed by atoms with E-state index in [1.165, 1.54) is 12.8 Å². The van der Waals surface area contributed by atoms with Gasteiger partial charge < -0.3 is 10.2 Å². The van der Waals surface area contributed by atoms with Crippen LogP contribution >= 0.6 is 24.8 Å². The standard InChI is InChI=1S/C19H23N3O.2ClH/c23-18(16-3-4-17-15(14-16)2-1-9-21-17)22-12-7-19(8-13-22)5-10-20-11-6-19;;/h1-4,9,14,20H,5-8,10-13H2;2*1H. The second-order valence-corrected chi connectivity index (χ2v) is 6.95. The number of amides is 1. The van der Waals surface area contributed by atoms with Gasteiger partial charge in [0.15, 0.2) is 0 Å². The van der Waals surface area contributed by atoms with Crippen LogP contribution in [0.25, 0.3) is 10.9 Å². The molecule has 1 N–H and O–H groups in total. The molecule has 4 nitrogen and oxygen atoms in total. The van der Waals surface area contributed by atoms with Gasteiger partial charge >= 0.3 is 0 Å². The van der Waals surface area contributed by atoms with E-state index in [1.54, 1.807) is 6.20 Å². The molecule has 0 unspecified atom stereocenters. The SMILES string of the molecule is Cl.Cl.O=C(c1ccc2ncccc2c1)N1CCC2(CCNCC2)CC1. The second kappa shape index (κ2) is 8.35. The number of hydrogen-bond donors (Lipinski definition) is 1. The lowest BCUT2D eigenvalue weighted by atomic mass is 9.71. The molecule has 1 aromatic heterocycles. The third kappa shape index (κ3) is 4.08. The number of halogens is 2. The fraction of sp³-hybridized carbons (Fsp3) is 0.474. The molecule has 3 heterocycles. The molecule has 0 aliphatic carbocycles. The van der Waals surface area contributed by atoms with Crippen molar-refractivity contribution in [2.24, 2.45) is 5.41 Å². The largest absolute Gasteiger partial charge is 0.339 e. The average molecular weight is 382 g/mol. The summed E-state index contributed by atoms with van der Waals surface area (Å²) in [4.78, 5) is 19.2. The summed E-state index contributed by atoms with van der Waals surface area (Å²) in [6.45, 7) is 4.05. The molecule has 6 heteroatoms. The number of fused-ring (bicyclic) bond motifs is 1. The van der Waals surface area contributed by atoms with Crippen molar-refractivity contribution in [1.82, 2.24) is 15.2 Å². The van der Waals surface area contributed by atoms with Gasteiger partial charge in [0.2, 0.25) is 0 Å². The van der Waals surface area contributed by atoms with Gasteiger partial charge in [-0.25, -0.2) is 0 Å². The number of rotatable bonds is 1. The van der Waals surface area contributed by atoms with E-state index in [4.69, 9.17) is 0 Å². The first-order valence-electron chi connectivity index (χ1n) is 8.61. The molecule has 0 saturated carbocycles. The molecular weight excluding hydrogens is 357 g/mol. The molecule has 1 aromatic carbocycles. The Hall–Kier alpha value is -1.36. The van der Waals surface area contributed by atoms with E-state index in [0.29, 0.717) is 5.41 Å². The summed E-state index contributed by atoms with van der Waals surface area (Å²) in [5.74, 6) is 0.166. The Balaban J connectivity index is 0.00000113. The van der Waals surface area contributed by atoms with Crippen molar-refractivity contribution < 1.29 is 4.79 Å². The predicted molar refractivity (Wildman–Crippen MR) is 106 cm³/mol. The van der Waals surface area contributed by atoms with Crippen LogP contribution in [0.5, 0.6) is 0 Å². The van der Waals surface area contributed by atoms with E-state index < -0.39 is 0 Å². The third-order valence-electron chi connectivity index (χ3n) is 5.63. The highest BCUT2D eigenvalue weighted by Crippen LogP contribution is 2.39. The molecule has 0 radical (unpaired) electrons. The van der Waals surface area contributed by atoms with Crippen molar-refractivity contribution in [3.05, 3.63) is 42.1 Å². The fourth-order valence-corrected chi connectivity index (χ4v) is 4.03. The van der Waals surface area contributed by atoms with Gasteiger partial charge in [-0.05, 0) is 68.5 Å². The Labute approximate surface area is 161 Å². The van der Waals surface area contributed by atoms with Crippen LogP contribution in [-0.2, 0) is 0 Å². The van der Waals surface area contributed by atoms with Gasteiger partial charge in [0.1, 0.15) is 0 Å². The number of carbonyl (C=O) groups is 1. The van der Waals surface area contributed by atoms with E-state index in [0.717, 1.165) is 55.5 Å². The van der Waals surface area contributed by atoms with Crippen molar-refractivity contribution in [2.75, 3.05) is 26.2 Å². The molecule has 0 bridgehead atoms. The first-order valence-corrected chi connectivity index (χ1v) is 8.61. The first kappa shape index (κ1) is 20.0. The highest BCUT2D eigenvalue weighted by atomic mass is 35.5. The Bertz CT molecular complexity index is 721. The molecule has 1 amide bonds. The lowest BCUT2D eigenvalue weighted by molar-refractivity contribution is 0.0496. The van der Waals surface area contributed by atoms with Gasteiger partial charge in [0.25, 0.3) is 5.91 Å². The lowest BCUT2D eigenvalue weighted by Crippen LogP contribution is -2.47. The van der Waals surface area contributed by atoms with Crippen molar-refractivity contribution >= 4 is 41.6 Å². The van der Waals surface area contributed by atoms with Crippen LogP contribution in [0.15, 0.2) is 36.5 Å². The Morgan fingerprint density at radius 1 is 1.04 bits per heavy atom. The summed E-state index contributed by atoms with van der Waals surface area (Å²) in [5, 5.41) is 4.48. The van der Waals surface area contributed by atoms with Crippen LogP contribution in [0.4, 0.5) is 0 Å². The molecule has 2 saturated heterocycles. The molecule has 2 aliphatic rings. The molecular formula is C19H25Cl2N3O. The Morgan fingerprint density at radius 2 is 1.76 bits per heavy atom. The van der Waals surface area contributed by atoms with Gasteiger partial charge in [0, 0.05) is 30.2 Å². The quantitative estimate of drug-likeness (QED) is 0.818. The summed E-state index contributed by atoms with van der Waals surface area (Å²) < 4.78 is 0. The Kier molecular flexibility index (Phi) is 6.66. The molecule has 4 rings (SSSR count). The molecule has 136 valence electrons. The van der Waals surface area contributed by atoms with E-state index in [-0.39, 0.29) is 30.7 Å². The maximum Gasteiger partial charge on any atom is 0.253 e. The minimum absolute atomic E-state index is 0. The Morgan fingerprint density at radius 3 is 2.48 bits per heavy atom. The molecule has 0 atom stereocenters. The zero-order valence-corrected chi connectivity index (χ0v) is 15.9. The van der Waals surface area contributed by atoms with Crippen molar-refractivity contribution in [3.63, 3.8) is 0 Å². The monoisotopic (exact) mass is 381 g/mol. The summed E-state index contributed by atoms with van der Waals surface area (Å²) in [6.07, 6.45) is 6.60. The maximum atomic E-state index is 12.8. The number of nitrogens with zero attached hydrogens (tertiary/aromatic N) is 2. The number of nitrogens with one attached hydrogen (secondary N) is 1. The van der Waals surface area contributed by atoms with E-state index in [2.05, 4.69) is 10.3 Å². The normalized spacial score (nSPS) is 19.1. The lowest BCUT2D eigenvalue weighted by Gasteiger charge is -2.44. The van der Waals surface area contributed by atoms with Crippen molar-refractivity contribution in [1.29, 1.82) is 0 Å². The minimum Gasteiger partial charge on any atom is -0.339 e. The summed E-state index contributed by atoms with van der Waals surface area (Å²) in [6, 6.07) is 9.75. The zero-order valence-electron chi connectivity index (χ0n) is 14.2. The predicted octanol–water partition coefficient (Wildman–Crippen LogP) is 3.68. The molecule has 2 aliphatic heterocycles. The van der Waals surface area contributed by atoms with Gasteiger partial charge in [-0.1, -0.05) is 6.07 Å². The van der Waals surface area contributed by atoms with Crippen LogP contribution in [0.3, 0.4) is 0 Å². The van der Waals surface area contributed by atoms with Crippen LogP contribution in [0.1, 0.15) is 36.0 Å². The summed E-state index contributed by atoms with van der Waals surface area (Å²) >= 11 is 0. The van der Waals surface area contributed by atoms with Crippen LogP contribution in [-0.4, -0.2) is 42.0 Å². The number of piperidine rings is 2. The highest BCUT2D eigenvalue weighted by Gasteiger charge is 2.36. The van der Waals surface area contributed by atoms with E-state index >= 15 is 0 Å². The summed E-state index contributed by atoms with van der Waals surface area (Å²) in [7, 11) is 0. The number of hydrogen-bond acceptors (Lipinski definition) is 3. The molecule has 2 aromatic rings. The topological polar surface area (TPSA) is 45.2 Å². The second-order valence-electron chi connectivity index (χ2n) is 6.95. The summed E-state index contributed by atoms with van der Waals surface area (Å²) in [5.41, 5.74) is 2.21. The highest BCUT2D eigenvalue weighted by molar-refractivity contribution is 5.98. The number of benzene rings is 1. The average Bonchev–Trinajstić information content (AvgIpc) is 2.62. The number of likely N-dealkylation sites (tertiary alicyclic amines) is 1. The number of aromatic nitrogens is 1. The first-order chi connectivity index (χ1) is 11.3. The van der Waals surface area contributed by atoms with E-state index in [9.17, 15) is 4.79 Å². The fourth-order valence-electron chi connectivity index (χ4n) is 4.03. The van der Waals surface area contributed by atoms with Gasteiger partial charge in [-0.2, -0.15) is 0 Å². The van der Waals surface area contributed by atoms with Gasteiger partial charge in [-0.3, -0.25) is 9.78 Å². The molecule has 2 fully saturated rings. The van der Waals surface area contributed by atoms with Crippen molar-refractivity contribution in [2.45, 2.75) is 25.7 Å². The maximum absolute atomic E-state index is 12.8. The van der Waals surface area contributed by atoms with Gasteiger partial charge in [0.05, 0.1) is 5.52 Å². The number of carbonyl (C=O) groups excluding carboxylic acids is 1. The molecule has 1 spiro atoms. The van der Waals surface area contributed by atoms with Gasteiger partial charge in [-0.15, -0.1) is 24.8 Å².